The number of nitrogens with zero attached hydrogens (tertiary/aromatic N) is 1. The van der Waals surface area contributed by atoms with E-state index < -0.39 is 42.5 Å². The highest BCUT2D eigenvalue weighted by atomic mass is 32.1. The highest BCUT2D eigenvalue weighted by Gasteiger charge is 2.37. The average Bonchev–Trinajstić information content (AvgIpc) is 3.11. The lowest BCUT2D eigenvalue weighted by atomic mass is 10.1. The highest BCUT2D eigenvalue weighted by Crippen LogP contribution is 2.27. The van der Waals surface area contributed by atoms with Crippen molar-refractivity contribution in [3.8, 4) is 11.5 Å². The molecule has 4 rings (SSSR count). The monoisotopic (exact) mass is 504 g/mol. The van der Waals surface area contributed by atoms with Gasteiger partial charge in [-0.2, -0.15) is 0 Å². The van der Waals surface area contributed by atoms with Crippen LogP contribution in [0.1, 0.15) is 42.2 Å². The van der Waals surface area contributed by atoms with Gasteiger partial charge in [-0.3, -0.25) is 19.3 Å². The number of carbonyl (C=O) groups excluding carboxylic acids is 4. The molecular weight excluding hydrogens is 484 g/mol. The molecule has 36 heavy (non-hydrogen) atoms. The van der Waals surface area contributed by atoms with Crippen LogP contribution >= 0.6 is 12.2 Å². The number of hydrogen-bond donors (Lipinski definition) is 2. The second-order valence-electron chi connectivity index (χ2n) is 7.86. The zero-order chi connectivity index (χ0) is 25.8. The summed E-state index contributed by atoms with van der Waals surface area (Å²) >= 11 is 4.91. The van der Waals surface area contributed by atoms with Gasteiger partial charge in [-0.25, -0.2) is 4.79 Å². The van der Waals surface area contributed by atoms with E-state index in [9.17, 15) is 24.3 Å². The zero-order valence-corrected chi connectivity index (χ0v) is 19.6. The summed E-state index contributed by atoms with van der Waals surface area (Å²) in [6, 6.07) is 17.3. The number of imide groups is 1. The minimum absolute atomic E-state index is 0.0734. The summed E-state index contributed by atoms with van der Waals surface area (Å²) in [4.78, 5) is 50.9. The first-order valence-electron chi connectivity index (χ1n) is 10.7. The van der Waals surface area contributed by atoms with E-state index in [0.29, 0.717) is 5.56 Å². The summed E-state index contributed by atoms with van der Waals surface area (Å²) in [5.41, 5.74) is 6.97. The molecule has 182 valence electrons. The number of phenolic OH excluding ortho intramolecular Hbond substituents is 1. The van der Waals surface area contributed by atoms with E-state index in [4.69, 9.17) is 27.4 Å². The predicted molar refractivity (Wildman–Crippen MR) is 132 cm³/mol. The van der Waals surface area contributed by atoms with E-state index in [0.717, 1.165) is 16.5 Å². The third kappa shape index (κ3) is 5.23. The molecule has 0 bridgehead atoms. The molecule has 0 saturated carbocycles. The van der Waals surface area contributed by atoms with E-state index in [2.05, 4.69) is 0 Å². The average molecular weight is 505 g/mol. The van der Waals surface area contributed by atoms with Crippen molar-refractivity contribution < 1.29 is 33.8 Å². The molecule has 3 aromatic rings. The van der Waals surface area contributed by atoms with Crippen molar-refractivity contribution >= 4 is 40.8 Å². The molecule has 10 heteroatoms. The Kier molecular flexibility index (Phi) is 7.07. The van der Waals surface area contributed by atoms with Crippen molar-refractivity contribution in [3.05, 3.63) is 94.5 Å². The summed E-state index contributed by atoms with van der Waals surface area (Å²) < 4.78 is 10.4. The van der Waals surface area contributed by atoms with Crippen molar-refractivity contribution in [2.45, 2.75) is 6.61 Å². The molecule has 0 spiro atoms. The summed E-state index contributed by atoms with van der Waals surface area (Å²) in [7, 11) is 0. The Morgan fingerprint density at radius 2 is 1.67 bits per heavy atom. The summed E-state index contributed by atoms with van der Waals surface area (Å²) in [6.45, 7) is -0.878. The van der Waals surface area contributed by atoms with Crippen molar-refractivity contribution in [3.63, 3.8) is 0 Å². The summed E-state index contributed by atoms with van der Waals surface area (Å²) in [5, 5.41) is 10.3. The van der Waals surface area contributed by atoms with Crippen LogP contribution < -0.4 is 10.5 Å². The second kappa shape index (κ2) is 10.4. The molecule has 0 aromatic heterocycles. The first-order chi connectivity index (χ1) is 17.2. The minimum Gasteiger partial charge on any atom is -0.507 e. The van der Waals surface area contributed by atoms with Crippen LogP contribution in [0.5, 0.6) is 11.5 Å². The Morgan fingerprint density at radius 3 is 2.36 bits per heavy atom. The Morgan fingerprint density at radius 1 is 0.944 bits per heavy atom. The van der Waals surface area contributed by atoms with Gasteiger partial charge >= 0.3 is 5.97 Å². The topological polar surface area (TPSA) is 136 Å². The van der Waals surface area contributed by atoms with E-state index in [-0.39, 0.29) is 34.0 Å². The number of fused-ring (bicyclic) bond motifs is 1. The van der Waals surface area contributed by atoms with Crippen LogP contribution in [-0.2, 0) is 16.1 Å². The van der Waals surface area contributed by atoms with Gasteiger partial charge in [-0.15, -0.1) is 0 Å². The van der Waals surface area contributed by atoms with Crippen molar-refractivity contribution in [1.29, 1.82) is 0 Å². The first kappa shape index (κ1) is 24.6. The predicted octanol–water partition coefficient (Wildman–Crippen LogP) is 2.63. The van der Waals surface area contributed by atoms with Gasteiger partial charge in [0.05, 0.1) is 23.2 Å². The second-order valence-corrected chi connectivity index (χ2v) is 8.30. The molecule has 0 fully saturated rings. The van der Waals surface area contributed by atoms with E-state index in [1.165, 1.54) is 30.3 Å². The number of hydrogen-bond acceptors (Lipinski definition) is 8. The fraction of sp³-hybridized carbons (Fsp3) is 0.115. The summed E-state index contributed by atoms with van der Waals surface area (Å²) in [5.74, 6) is -2.86. The Labute approximate surface area is 211 Å². The Bertz CT molecular complexity index is 1390. The number of amides is 2. The number of benzene rings is 3. The number of thiocarbonyl (C=S) groups is 1. The number of phenols is 1. The van der Waals surface area contributed by atoms with Gasteiger partial charge in [0.25, 0.3) is 11.8 Å². The van der Waals surface area contributed by atoms with Crippen molar-refractivity contribution in [2.24, 2.45) is 5.73 Å². The smallest absolute Gasteiger partial charge is 0.344 e. The number of rotatable bonds is 9. The van der Waals surface area contributed by atoms with Crippen LogP contribution in [0.3, 0.4) is 0 Å². The molecule has 1 aliphatic heterocycles. The number of ketones is 1. The van der Waals surface area contributed by atoms with Gasteiger partial charge in [0.2, 0.25) is 0 Å². The van der Waals surface area contributed by atoms with Gasteiger partial charge in [0.1, 0.15) is 23.1 Å². The van der Waals surface area contributed by atoms with Crippen LogP contribution in [-0.4, -0.2) is 51.7 Å². The minimum atomic E-state index is -0.662. The fourth-order valence-electron chi connectivity index (χ4n) is 3.58. The molecule has 0 saturated heterocycles. The van der Waals surface area contributed by atoms with Gasteiger partial charge < -0.3 is 20.3 Å². The van der Waals surface area contributed by atoms with Gasteiger partial charge in [-0.05, 0) is 29.8 Å². The molecular formula is C26H20N2O7S. The Hall–Kier alpha value is -4.57. The van der Waals surface area contributed by atoms with Crippen LogP contribution in [0, 0.1) is 0 Å². The maximum Gasteiger partial charge on any atom is 0.344 e. The van der Waals surface area contributed by atoms with Gasteiger partial charge in [0.15, 0.2) is 12.4 Å². The SMILES string of the molecule is NC(=S)c1ccc2c(c1)C(=O)N(CC(=O)c1ccc(OCC(=O)OCc3ccccc3)cc1O)C2=O. The lowest BCUT2D eigenvalue weighted by Gasteiger charge is -2.14. The largest absolute Gasteiger partial charge is 0.507 e. The first-order valence-corrected chi connectivity index (χ1v) is 11.1. The van der Waals surface area contributed by atoms with Crippen molar-refractivity contribution in [1.82, 2.24) is 4.90 Å². The maximum absolute atomic E-state index is 12.8. The van der Waals surface area contributed by atoms with Gasteiger partial charge in [0, 0.05) is 11.6 Å². The summed E-state index contributed by atoms with van der Waals surface area (Å²) in [6.07, 6.45) is 0. The normalized spacial score (nSPS) is 12.3. The van der Waals surface area contributed by atoms with Crippen LogP contribution in [0.4, 0.5) is 0 Å². The lowest BCUT2D eigenvalue weighted by Crippen LogP contribution is -2.34. The molecule has 3 aromatic carbocycles. The number of ether oxygens (including phenoxy) is 2. The quantitative estimate of drug-likeness (QED) is 0.195. The third-order valence-corrected chi connectivity index (χ3v) is 5.66. The number of esters is 1. The van der Waals surface area contributed by atoms with E-state index in [1.807, 2.05) is 30.3 Å². The number of Topliss-reactive ketones (excluding diaryl/α,β-unsaturated/α-hetero) is 1. The molecule has 2 amide bonds. The number of carbonyl (C=O) groups is 4. The molecule has 1 heterocycles. The zero-order valence-electron chi connectivity index (χ0n) is 18.8. The van der Waals surface area contributed by atoms with Crippen molar-refractivity contribution in [2.75, 3.05) is 13.2 Å². The van der Waals surface area contributed by atoms with Gasteiger partial charge in [-0.1, -0.05) is 48.6 Å². The fourth-order valence-corrected chi connectivity index (χ4v) is 3.70. The molecule has 3 N–H and O–H groups in total. The molecule has 0 aliphatic carbocycles. The lowest BCUT2D eigenvalue weighted by molar-refractivity contribution is -0.147. The highest BCUT2D eigenvalue weighted by molar-refractivity contribution is 7.80. The number of nitrogens with two attached hydrogens (primary N) is 1. The molecule has 0 atom stereocenters. The van der Waals surface area contributed by atoms with E-state index >= 15 is 0 Å². The maximum atomic E-state index is 12.8. The number of aromatic hydroxyl groups is 1. The van der Waals surface area contributed by atoms with Crippen LogP contribution in [0.2, 0.25) is 0 Å². The molecule has 0 radical (unpaired) electrons. The molecule has 0 unspecified atom stereocenters. The van der Waals surface area contributed by atoms with Crippen LogP contribution in [0.15, 0.2) is 66.7 Å². The molecule has 9 nitrogen and oxygen atoms in total. The van der Waals surface area contributed by atoms with Crippen LogP contribution in [0.25, 0.3) is 0 Å². The third-order valence-electron chi connectivity index (χ3n) is 5.43. The molecule has 1 aliphatic rings. The Balaban J connectivity index is 1.36. The standard InChI is InChI=1S/C26H20N2O7S/c27-24(36)16-6-8-18-20(10-16)26(33)28(25(18)32)12-22(30)19-9-7-17(11-21(19)29)34-14-23(31)35-13-15-4-2-1-3-5-15/h1-11,29H,12-14H2,(H2,27,36). The van der Waals surface area contributed by atoms with E-state index in [1.54, 1.807) is 0 Å².